The summed E-state index contributed by atoms with van der Waals surface area (Å²) in [5.74, 6) is 21.4. The number of rotatable bonds is 10. The Kier molecular flexibility index (Phi) is 41.2. The summed E-state index contributed by atoms with van der Waals surface area (Å²) in [7, 11) is 26.6. The molecule has 0 radical (unpaired) electrons. The van der Waals surface area contributed by atoms with E-state index in [0.29, 0.717) is 29.1 Å². The van der Waals surface area contributed by atoms with Gasteiger partial charge in [-0.05, 0) is 236 Å². The van der Waals surface area contributed by atoms with E-state index in [1.165, 1.54) is 111 Å². The second-order valence-electron chi connectivity index (χ2n) is 35.4. The molecule has 22 atom stereocenters. The first-order valence-electron chi connectivity index (χ1n) is 39.6. The minimum absolute atomic E-state index is 0. The van der Waals surface area contributed by atoms with Gasteiger partial charge in [-0.3, -0.25) is 0 Å². The molecule has 2 aromatic carbocycles. The Balaban J connectivity index is 0.000000277. The monoisotopic (exact) mass is 1780 g/mol. The second kappa shape index (κ2) is 44.5. The van der Waals surface area contributed by atoms with Crippen LogP contribution in [0.25, 0.3) is 0 Å². The molecule has 12 aliphatic carbocycles. The molecule has 0 amide bonds. The van der Waals surface area contributed by atoms with Crippen LogP contribution < -0.4 is 0 Å². The van der Waals surface area contributed by atoms with Crippen LogP contribution in [0, 0.1) is 147 Å². The molecular weight excluding hydrogens is 1640 g/mol. The summed E-state index contributed by atoms with van der Waals surface area (Å²) in [5.41, 5.74) is 7.65. The molecule has 2 heterocycles. The molecule has 4 aromatic rings. The van der Waals surface area contributed by atoms with Crippen molar-refractivity contribution in [1.82, 2.24) is 0 Å². The average molecular weight is 1790 g/mol. The number of fused-ring (bicyclic) bond motifs is 6. The van der Waals surface area contributed by atoms with Gasteiger partial charge in [-0.15, -0.1) is 0 Å². The van der Waals surface area contributed by atoms with Gasteiger partial charge in [-0.2, -0.15) is 0 Å². The van der Waals surface area contributed by atoms with Gasteiger partial charge >= 0.3 is 114 Å². The van der Waals surface area contributed by atoms with Gasteiger partial charge < -0.3 is 53.4 Å². The van der Waals surface area contributed by atoms with Crippen LogP contribution in [0.4, 0.5) is 0 Å². The van der Waals surface area contributed by atoms with Crippen LogP contribution in [-0.2, 0) is 62.5 Å². The van der Waals surface area contributed by atoms with E-state index in [4.69, 9.17) is 59.9 Å². The SMILES string of the molecule is CC(C)(C1CCC2CCCCC21)C1CCC2CCCCC21.C[Si](C)(C1CCC2CCCCC21)C1CCC2CCCCC21.Cc1ccc(C2CC3C(c4ccccc4)CCCC3C2[Si](C)(C)C2C(c3ccc(C)o3)CC3C(c4ccccc4)CCCC32)o1.[CH3-].[CH3-].[CH3-].[CH3-].[CH3-].[CH3-].[Cl][Zr+2][Cl].[Cl][Zr+2][Cl].[Cl][Zr+2][Cl]. The predicted molar refractivity (Wildman–Crippen MR) is 445 cm³/mol. The molecule has 0 N–H and O–H groups in total. The van der Waals surface area contributed by atoms with Crippen molar-refractivity contribution in [3.05, 3.63) is 164 Å². The Bertz CT molecular complexity index is 2680. The van der Waals surface area contributed by atoms with E-state index in [-0.39, 0.29) is 44.6 Å². The Morgan fingerprint density at radius 1 is 0.324 bits per heavy atom. The summed E-state index contributed by atoms with van der Waals surface area (Å²) in [6.07, 6.45) is 48.5. The van der Waals surface area contributed by atoms with Crippen molar-refractivity contribution >= 4 is 67.2 Å². The van der Waals surface area contributed by atoms with Crippen LogP contribution >= 0.6 is 51.1 Å². The molecule has 22 unspecified atom stereocenters. The Morgan fingerprint density at radius 2 is 0.627 bits per heavy atom. The zero-order chi connectivity index (χ0) is 67.7. The van der Waals surface area contributed by atoms with Gasteiger partial charge in [0.25, 0.3) is 0 Å². The molecular formula is C89H142Cl6O2Si2Zr3. The minimum atomic E-state index is -1.91. The molecule has 102 heavy (non-hydrogen) atoms. The van der Waals surface area contributed by atoms with Gasteiger partial charge in [0.2, 0.25) is 0 Å². The molecule has 12 aliphatic rings. The molecule has 13 heteroatoms. The van der Waals surface area contributed by atoms with Gasteiger partial charge in [-0.25, -0.2) is 0 Å². The summed E-state index contributed by atoms with van der Waals surface area (Å²) in [5, 5.41) is 0. The number of hydrogen-bond acceptors (Lipinski definition) is 2. The zero-order valence-corrected chi connectivity index (χ0v) is 80.4. The standard InChI is InChI=1S/C42H52O2Si.C21H36.C20H36Si.6CH3.6ClH.3Zr/c1-27-21-23-39(43-27)37-25-35-31(29-13-7-5-8-14-29)17-11-19-33(35)41(37)45(3,4)42-34-20-12-18-32(30-15-9-6-10-16-30)36(34)26-38(42)40-24-22-28(2)44-40;2*1-21(2,19-13-11-15-7-3-5-9-17(15)19)20-14-12-16-8-4-6-10-18(16)20;;;;;;;;;;;;;;;/h5-10,13-16,21-24,31-38,41-42H,11-12,17-20,25-26H2,1-4H3;2*15-20H,3-14H2,1-2H3;6*1H3;6*1H;;;/q;;;6*-1;;;;;;;3*+4/p-6. The first kappa shape index (κ1) is 94.4. The molecule has 0 spiro atoms. The van der Waals surface area contributed by atoms with E-state index in [9.17, 15) is 0 Å². The molecule has 0 saturated heterocycles. The van der Waals surface area contributed by atoms with E-state index in [2.05, 4.69) is 139 Å². The molecule has 2 aromatic heterocycles. The fraction of sp³-hybridized carbons (Fsp3) is 0.708. The average Bonchev–Trinajstić information content (AvgIpc) is 1.55. The Hall–Kier alpha value is 1.82. The van der Waals surface area contributed by atoms with Gasteiger partial charge in [0.05, 0.1) is 16.1 Å². The maximum atomic E-state index is 6.60. The third kappa shape index (κ3) is 21.4. The maximum absolute atomic E-state index is 6.60. The van der Waals surface area contributed by atoms with Crippen molar-refractivity contribution < 1.29 is 71.4 Å². The van der Waals surface area contributed by atoms with E-state index < -0.39 is 78.7 Å². The van der Waals surface area contributed by atoms with Crippen LogP contribution in [0.1, 0.15) is 277 Å². The van der Waals surface area contributed by atoms with Crippen molar-refractivity contribution in [3.63, 3.8) is 0 Å². The summed E-state index contributed by atoms with van der Waals surface area (Å²) in [4.78, 5) is 0. The Morgan fingerprint density at radius 3 is 0.961 bits per heavy atom. The fourth-order valence-electron chi connectivity index (χ4n) is 27.3. The van der Waals surface area contributed by atoms with Crippen molar-refractivity contribution in [2.45, 2.75) is 305 Å². The number of hydrogen-bond donors (Lipinski definition) is 0. The van der Waals surface area contributed by atoms with Crippen molar-refractivity contribution in [2.24, 2.45) is 88.3 Å². The second-order valence-corrected chi connectivity index (χ2v) is 56.7. The quantitative estimate of drug-likeness (QED) is 0.117. The van der Waals surface area contributed by atoms with Gasteiger partial charge in [0.1, 0.15) is 23.0 Å². The summed E-state index contributed by atoms with van der Waals surface area (Å²) < 4.78 is 13.2. The normalized spacial score (nSPS) is 35.1. The van der Waals surface area contributed by atoms with Crippen LogP contribution in [0.5, 0.6) is 0 Å². The topological polar surface area (TPSA) is 26.3 Å². The summed E-state index contributed by atoms with van der Waals surface area (Å²) in [6.45, 7) is 21.0. The van der Waals surface area contributed by atoms with Crippen LogP contribution in [0.15, 0.2) is 93.8 Å². The first-order chi connectivity index (χ1) is 46.5. The molecule has 12 fully saturated rings. The summed E-state index contributed by atoms with van der Waals surface area (Å²) >= 11 is -2.48. The van der Waals surface area contributed by atoms with E-state index in [1.54, 1.807) is 140 Å². The first-order valence-corrected chi connectivity index (χ1v) is 64.9. The van der Waals surface area contributed by atoms with Gasteiger partial charge in [0.15, 0.2) is 0 Å². The predicted octanol–water partition coefficient (Wildman–Crippen LogP) is 31.9. The van der Waals surface area contributed by atoms with E-state index >= 15 is 0 Å². The van der Waals surface area contributed by atoms with Crippen LogP contribution in [0.2, 0.25) is 48.4 Å². The van der Waals surface area contributed by atoms with Gasteiger partial charge in [-0.1, -0.05) is 242 Å². The zero-order valence-electron chi connectivity index (χ0n) is 66.5. The van der Waals surface area contributed by atoms with Crippen LogP contribution in [-0.4, -0.2) is 16.1 Å². The number of aryl methyl sites for hydroxylation is 2. The van der Waals surface area contributed by atoms with E-state index in [0.717, 1.165) is 93.6 Å². The third-order valence-corrected chi connectivity index (χ3v) is 41.0. The van der Waals surface area contributed by atoms with E-state index in [1.807, 2.05) is 0 Å². The van der Waals surface area contributed by atoms with Crippen LogP contribution in [0.3, 0.4) is 0 Å². The van der Waals surface area contributed by atoms with Crippen molar-refractivity contribution in [2.75, 3.05) is 0 Å². The Labute approximate surface area is 687 Å². The number of benzene rings is 2. The molecule has 572 valence electrons. The number of halogens is 6. The molecule has 2 nitrogen and oxygen atoms in total. The molecule has 16 rings (SSSR count). The summed E-state index contributed by atoms with van der Waals surface area (Å²) in [6, 6.07) is 32.2. The molecule has 0 aliphatic heterocycles. The van der Waals surface area contributed by atoms with Gasteiger partial charge in [0, 0.05) is 11.8 Å². The van der Waals surface area contributed by atoms with Crippen molar-refractivity contribution in [1.29, 1.82) is 0 Å². The fourth-order valence-corrected chi connectivity index (χ4v) is 38.9. The number of furan rings is 2. The molecule has 12 saturated carbocycles. The molecule has 0 bridgehead atoms. The third-order valence-electron chi connectivity index (χ3n) is 30.7. The van der Waals surface area contributed by atoms with Crippen molar-refractivity contribution in [3.8, 4) is 0 Å².